The van der Waals surface area contributed by atoms with Crippen LogP contribution in [0.15, 0.2) is 84.9 Å². The molecule has 1 heterocycles. The number of rotatable bonds is 5. The van der Waals surface area contributed by atoms with Gasteiger partial charge in [-0.3, -0.25) is 0 Å². The van der Waals surface area contributed by atoms with Gasteiger partial charge in [-0.25, -0.2) is 4.79 Å². The smallest absolute Gasteiger partial charge is 0.321 e. The SMILES string of the molecule is O=C(Nc1ccc(OCc2ccccc2)cc1)N1CCN(c2ccccc2)CC1. The van der Waals surface area contributed by atoms with Crippen LogP contribution in [0.3, 0.4) is 0 Å². The predicted molar refractivity (Wildman–Crippen MR) is 116 cm³/mol. The van der Waals surface area contributed by atoms with Crippen LogP contribution in [0.2, 0.25) is 0 Å². The van der Waals surface area contributed by atoms with Crippen LogP contribution in [-0.4, -0.2) is 37.1 Å². The summed E-state index contributed by atoms with van der Waals surface area (Å²) < 4.78 is 5.79. The van der Waals surface area contributed by atoms with Crippen LogP contribution in [0.1, 0.15) is 5.56 Å². The number of carbonyl (C=O) groups is 1. The number of para-hydroxylation sites is 1. The van der Waals surface area contributed by atoms with Crippen LogP contribution in [-0.2, 0) is 6.61 Å². The summed E-state index contributed by atoms with van der Waals surface area (Å²) >= 11 is 0. The molecule has 4 rings (SSSR count). The van der Waals surface area contributed by atoms with Crippen molar-refractivity contribution in [3.8, 4) is 5.75 Å². The number of piperazine rings is 1. The molecule has 0 spiro atoms. The Morgan fingerprint density at radius 2 is 1.41 bits per heavy atom. The lowest BCUT2D eigenvalue weighted by molar-refractivity contribution is 0.208. The third-order valence-corrected chi connectivity index (χ3v) is 5.04. The summed E-state index contributed by atoms with van der Waals surface area (Å²) in [6.07, 6.45) is 0. The highest BCUT2D eigenvalue weighted by Crippen LogP contribution is 2.19. The molecule has 5 heteroatoms. The summed E-state index contributed by atoms with van der Waals surface area (Å²) in [5.74, 6) is 0.781. The van der Waals surface area contributed by atoms with Crippen molar-refractivity contribution in [3.63, 3.8) is 0 Å². The molecule has 3 aromatic carbocycles. The molecule has 0 aromatic heterocycles. The number of carbonyl (C=O) groups excluding carboxylic acids is 1. The maximum atomic E-state index is 12.6. The number of benzene rings is 3. The molecule has 0 radical (unpaired) electrons. The second-order valence-corrected chi connectivity index (χ2v) is 7.04. The molecule has 0 atom stereocenters. The van der Waals surface area contributed by atoms with E-state index in [1.54, 1.807) is 0 Å². The van der Waals surface area contributed by atoms with E-state index in [-0.39, 0.29) is 6.03 Å². The van der Waals surface area contributed by atoms with E-state index in [0.717, 1.165) is 30.1 Å². The van der Waals surface area contributed by atoms with E-state index in [4.69, 9.17) is 4.74 Å². The van der Waals surface area contributed by atoms with Gasteiger partial charge in [0.15, 0.2) is 0 Å². The lowest BCUT2D eigenvalue weighted by Gasteiger charge is -2.36. The van der Waals surface area contributed by atoms with Gasteiger partial charge in [0.2, 0.25) is 0 Å². The van der Waals surface area contributed by atoms with Crippen LogP contribution in [0.25, 0.3) is 0 Å². The van der Waals surface area contributed by atoms with Crippen LogP contribution in [0.5, 0.6) is 5.75 Å². The Kier molecular flexibility index (Phi) is 5.95. The van der Waals surface area contributed by atoms with Gasteiger partial charge in [0.05, 0.1) is 0 Å². The first-order valence-corrected chi connectivity index (χ1v) is 9.91. The lowest BCUT2D eigenvalue weighted by atomic mass is 10.2. The lowest BCUT2D eigenvalue weighted by Crippen LogP contribution is -2.50. The molecule has 0 saturated carbocycles. The first-order chi connectivity index (χ1) is 14.3. The van der Waals surface area contributed by atoms with E-state index >= 15 is 0 Å². The molecule has 0 unspecified atom stereocenters. The van der Waals surface area contributed by atoms with E-state index in [1.807, 2.05) is 77.7 Å². The van der Waals surface area contributed by atoms with E-state index in [2.05, 4.69) is 22.3 Å². The van der Waals surface area contributed by atoms with Gasteiger partial charge in [-0.2, -0.15) is 0 Å². The van der Waals surface area contributed by atoms with E-state index in [9.17, 15) is 4.79 Å². The van der Waals surface area contributed by atoms with Crippen LogP contribution in [0, 0.1) is 0 Å². The summed E-state index contributed by atoms with van der Waals surface area (Å²) in [6.45, 7) is 3.61. The third-order valence-electron chi connectivity index (χ3n) is 5.04. The van der Waals surface area contributed by atoms with Gasteiger partial charge in [0.1, 0.15) is 12.4 Å². The van der Waals surface area contributed by atoms with Gasteiger partial charge in [-0.1, -0.05) is 48.5 Å². The topological polar surface area (TPSA) is 44.8 Å². The fourth-order valence-corrected chi connectivity index (χ4v) is 3.38. The zero-order valence-corrected chi connectivity index (χ0v) is 16.3. The minimum absolute atomic E-state index is 0.0596. The zero-order chi connectivity index (χ0) is 19.9. The molecule has 29 heavy (non-hydrogen) atoms. The third kappa shape index (κ3) is 5.08. The largest absolute Gasteiger partial charge is 0.489 e. The number of anilines is 2. The number of amides is 2. The monoisotopic (exact) mass is 387 g/mol. The maximum absolute atomic E-state index is 12.6. The molecule has 2 amide bonds. The van der Waals surface area contributed by atoms with Crippen LogP contribution >= 0.6 is 0 Å². The number of ether oxygens (including phenoxy) is 1. The molecule has 0 aliphatic carbocycles. The number of hydrogen-bond donors (Lipinski definition) is 1. The fraction of sp³-hybridized carbons (Fsp3) is 0.208. The van der Waals surface area contributed by atoms with Gasteiger partial charge < -0.3 is 19.9 Å². The summed E-state index contributed by atoms with van der Waals surface area (Å²) in [5.41, 5.74) is 3.10. The van der Waals surface area contributed by atoms with Crippen LogP contribution < -0.4 is 15.0 Å². The minimum Gasteiger partial charge on any atom is -0.489 e. The second-order valence-electron chi connectivity index (χ2n) is 7.04. The molecular formula is C24H25N3O2. The molecule has 1 aliphatic rings. The van der Waals surface area contributed by atoms with E-state index < -0.39 is 0 Å². The van der Waals surface area contributed by atoms with Crippen molar-refractivity contribution in [2.75, 3.05) is 36.4 Å². The molecule has 3 aromatic rings. The van der Waals surface area contributed by atoms with Crippen molar-refractivity contribution in [2.24, 2.45) is 0 Å². The predicted octanol–water partition coefficient (Wildman–Crippen LogP) is 4.62. The van der Waals surface area contributed by atoms with Crippen molar-refractivity contribution in [1.82, 2.24) is 4.90 Å². The molecule has 5 nitrogen and oxygen atoms in total. The van der Waals surface area contributed by atoms with Crippen LogP contribution in [0.4, 0.5) is 16.2 Å². The quantitative estimate of drug-likeness (QED) is 0.695. The highest BCUT2D eigenvalue weighted by molar-refractivity contribution is 5.89. The van der Waals surface area contributed by atoms with Gasteiger partial charge in [0, 0.05) is 37.6 Å². The summed E-state index contributed by atoms with van der Waals surface area (Å²) in [5, 5.41) is 2.98. The number of nitrogens with one attached hydrogen (secondary N) is 1. The number of nitrogens with zero attached hydrogens (tertiary/aromatic N) is 2. The van der Waals surface area contributed by atoms with E-state index in [1.165, 1.54) is 5.69 Å². The molecule has 1 N–H and O–H groups in total. The summed E-state index contributed by atoms with van der Waals surface area (Å²) in [7, 11) is 0. The fourth-order valence-electron chi connectivity index (χ4n) is 3.38. The first-order valence-electron chi connectivity index (χ1n) is 9.91. The Bertz CT molecular complexity index is 906. The zero-order valence-electron chi connectivity index (χ0n) is 16.3. The minimum atomic E-state index is -0.0596. The van der Waals surface area contributed by atoms with Gasteiger partial charge >= 0.3 is 6.03 Å². The van der Waals surface area contributed by atoms with Crippen molar-refractivity contribution in [2.45, 2.75) is 6.61 Å². The average Bonchev–Trinajstić information content (AvgIpc) is 2.80. The Balaban J connectivity index is 1.25. The van der Waals surface area contributed by atoms with Crippen molar-refractivity contribution in [1.29, 1.82) is 0 Å². The highest BCUT2D eigenvalue weighted by Gasteiger charge is 2.21. The Morgan fingerprint density at radius 1 is 0.793 bits per heavy atom. The Morgan fingerprint density at radius 3 is 2.07 bits per heavy atom. The Hall–Kier alpha value is -3.47. The summed E-state index contributed by atoms with van der Waals surface area (Å²) in [4.78, 5) is 16.7. The molecule has 1 fully saturated rings. The molecular weight excluding hydrogens is 362 g/mol. The highest BCUT2D eigenvalue weighted by atomic mass is 16.5. The first kappa shape index (κ1) is 18.9. The number of hydrogen-bond acceptors (Lipinski definition) is 3. The normalized spacial score (nSPS) is 13.8. The standard InChI is InChI=1S/C24H25N3O2/c28-24(27-17-15-26(16-18-27)22-9-5-2-6-10-22)25-21-11-13-23(14-12-21)29-19-20-7-3-1-4-8-20/h1-14H,15-19H2,(H,25,28). The summed E-state index contributed by atoms with van der Waals surface area (Å²) in [6, 6.07) is 27.8. The molecule has 1 aliphatic heterocycles. The Labute approximate surface area is 171 Å². The van der Waals surface area contributed by atoms with Gasteiger partial charge in [-0.05, 0) is 42.0 Å². The van der Waals surface area contributed by atoms with Gasteiger partial charge in [0.25, 0.3) is 0 Å². The van der Waals surface area contributed by atoms with Crippen molar-refractivity contribution < 1.29 is 9.53 Å². The van der Waals surface area contributed by atoms with E-state index in [0.29, 0.717) is 19.7 Å². The average molecular weight is 387 g/mol. The van der Waals surface area contributed by atoms with Crippen molar-refractivity contribution >= 4 is 17.4 Å². The number of urea groups is 1. The second kappa shape index (κ2) is 9.15. The maximum Gasteiger partial charge on any atom is 0.321 e. The molecule has 1 saturated heterocycles. The van der Waals surface area contributed by atoms with Crippen molar-refractivity contribution in [3.05, 3.63) is 90.5 Å². The van der Waals surface area contributed by atoms with Gasteiger partial charge in [-0.15, -0.1) is 0 Å². The molecule has 0 bridgehead atoms. The molecule has 148 valence electrons.